The topological polar surface area (TPSA) is 477 Å². The fourth-order valence-corrected chi connectivity index (χ4v) is 9.01. The monoisotopic (exact) mass is 1240 g/mol. The number of aliphatic imine (C=N–C) groups is 1. The molecule has 494 valence electrons. The van der Waals surface area contributed by atoms with Gasteiger partial charge in [0.05, 0.1) is 31.8 Å². The first-order valence-corrected chi connectivity index (χ1v) is 30.0. The zero-order chi connectivity index (χ0) is 66.5. The van der Waals surface area contributed by atoms with E-state index in [1.54, 1.807) is 55.5 Å². The van der Waals surface area contributed by atoms with Crippen molar-refractivity contribution in [2.75, 3.05) is 26.8 Å². The second-order valence-corrected chi connectivity index (χ2v) is 22.6. The molecular weight excluding hydrogens is 1150 g/mol. The minimum absolute atomic E-state index is 0.00243. The summed E-state index contributed by atoms with van der Waals surface area (Å²) < 4.78 is 5.56. The Hall–Kier alpha value is -7.99. The highest BCUT2D eigenvalue weighted by atomic mass is 16.5. The number of nitrogens with zero attached hydrogens (tertiary/aromatic N) is 1. The fraction of sp³-hybridized carbons (Fsp3) is 0.672. The third-order valence-electron chi connectivity index (χ3n) is 15.6. The van der Waals surface area contributed by atoms with Gasteiger partial charge in [-0.1, -0.05) is 111 Å². The van der Waals surface area contributed by atoms with Gasteiger partial charge < -0.3 is 90.6 Å². The van der Waals surface area contributed by atoms with Crippen molar-refractivity contribution in [2.45, 2.75) is 200 Å². The Balaban J connectivity index is 2.37. The molecule has 0 saturated carbocycles. The van der Waals surface area contributed by atoms with Crippen LogP contribution in [0.2, 0.25) is 0 Å². The van der Waals surface area contributed by atoms with Crippen molar-refractivity contribution in [3.8, 4) is 0 Å². The van der Waals surface area contributed by atoms with Gasteiger partial charge in [-0.15, -0.1) is 0 Å². The summed E-state index contributed by atoms with van der Waals surface area (Å²) in [7, 11) is 1.60. The van der Waals surface area contributed by atoms with Gasteiger partial charge in [-0.3, -0.25) is 62.5 Å². The molecule has 88 heavy (non-hydrogen) atoms. The van der Waals surface area contributed by atoms with Gasteiger partial charge in [0.1, 0.15) is 60.5 Å². The first kappa shape index (κ1) is 76.1. The summed E-state index contributed by atoms with van der Waals surface area (Å²) in [5.74, 6) is -12.6. The number of nitrogens with one attached hydrogen (secondary N) is 11. The molecule has 16 unspecified atom stereocenters. The molecule has 1 aliphatic rings. The van der Waals surface area contributed by atoms with E-state index in [1.807, 2.05) is 37.3 Å². The van der Waals surface area contributed by atoms with Gasteiger partial charge in [0.25, 0.3) is 0 Å². The zero-order valence-corrected chi connectivity index (χ0v) is 52.5. The second kappa shape index (κ2) is 38.3. The second-order valence-electron chi connectivity index (χ2n) is 22.6. The maximum atomic E-state index is 14.4. The number of amides is 11. The number of hydrogen-bond acceptors (Lipinski definition) is 19. The van der Waals surface area contributed by atoms with Gasteiger partial charge in [0.2, 0.25) is 65.0 Å². The van der Waals surface area contributed by atoms with Crippen LogP contribution in [0.4, 0.5) is 0 Å². The number of esters is 1. The van der Waals surface area contributed by atoms with E-state index in [4.69, 9.17) is 21.9 Å². The van der Waals surface area contributed by atoms with E-state index < -0.39 is 187 Å². The van der Waals surface area contributed by atoms with E-state index >= 15 is 0 Å². The normalized spacial score (nSPS) is 17.9. The Labute approximate surface area is 514 Å². The fourth-order valence-electron chi connectivity index (χ4n) is 9.01. The van der Waals surface area contributed by atoms with Gasteiger partial charge in [0.15, 0.2) is 5.96 Å². The van der Waals surface area contributed by atoms with E-state index in [0.717, 1.165) is 5.56 Å². The molecule has 1 heterocycles. The van der Waals surface area contributed by atoms with Crippen LogP contribution in [0.1, 0.15) is 126 Å². The molecule has 1 aliphatic heterocycles. The minimum atomic E-state index is -1.82. The van der Waals surface area contributed by atoms with Crippen LogP contribution in [0.3, 0.4) is 0 Å². The van der Waals surface area contributed by atoms with Crippen molar-refractivity contribution in [2.24, 2.45) is 45.9 Å². The molecule has 30 heteroatoms. The lowest BCUT2D eigenvalue weighted by Crippen LogP contribution is -2.63. The number of aliphatic hydroxyl groups is 2. The van der Waals surface area contributed by atoms with Gasteiger partial charge >= 0.3 is 5.97 Å². The highest BCUT2D eigenvalue weighted by molar-refractivity contribution is 5.99. The standard InChI is InChI=1S/C58H97N15O15/c1-12-29(5)23-43(77)88-34(10)47(57(87)64-33(9)49(79)67-38(48(60)78)25-36-26-63-58(61)65-36)73-53(83)41(28-75)69-55(85)45(31(7)14-3)72-56(86)46(32(8)15-4)70-50(80)37(21-22-42(59)76)66-52(82)40(27-74)68-54(84)44(30(6)13-2)71-51(81)39(62-11)24-35-19-17-16-18-20-35/h16-20,29-34,36-41,44-47,62,74-75H,12-15,21-28H2,1-11H3,(H2,59,76)(H2,60,78)(H,64,87)(H,66,82)(H,67,79)(H,68,84)(H,69,85)(H,70,80)(H,71,81)(H,72,86)(H,73,83)(H3,61,63,65). The molecule has 1 aromatic carbocycles. The molecule has 0 aromatic heterocycles. The Kier molecular flexibility index (Phi) is 33.1. The van der Waals surface area contributed by atoms with Crippen molar-refractivity contribution < 1.29 is 72.5 Å². The highest BCUT2D eigenvalue weighted by Gasteiger charge is 2.39. The number of primary amides is 2. The van der Waals surface area contributed by atoms with Crippen LogP contribution in [0.15, 0.2) is 35.3 Å². The van der Waals surface area contributed by atoms with E-state index in [0.29, 0.717) is 19.3 Å². The van der Waals surface area contributed by atoms with Gasteiger partial charge in [0, 0.05) is 12.8 Å². The van der Waals surface area contributed by atoms with Crippen molar-refractivity contribution in [1.82, 2.24) is 58.5 Å². The average Bonchev–Trinajstić information content (AvgIpc) is 2.08. The molecule has 0 spiro atoms. The molecule has 0 aliphatic carbocycles. The van der Waals surface area contributed by atoms with E-state index in [-0.39, 0.29) is 44.1 Å². The van der Waals surface area contributed by atoms with Crippen LogP contribution in [0, 0.1) is 23.7 Å². The van der Waals surface area contributed by atoms with Crippen LogP contribution in [-0.2, 0) is 68.7 Å². The SMILES string of the molecule is CCC(C)CC(=O)OC(C)C(NC(=O)C(CO)NC(=O)C(NC(=O)C(NC(=O)C(CCC(N)=O)NC(=O)C(CO)NC(=O)C(NC(=O)C(Cc1ccccc1)NC)C(C)CC)C(C)CC)C(C)CC)C(=O)NC(C)C(=O)NC(CC1CN=C(N)N1)C(N)=O. The number of hydrogen-bond donors (Lipinski definition) is 16. The molecule has 11 amide bonds. The number of benzene rings is 1. The lowest BCUT2D eigenvalue weighted by molar-refractivity contribution is -0.153. The predicted molar refractivity (Wildman–Crippen MR) is 324 cm³/mol. The molecule has 0 saturated heterocycles. The number of rotatable bonds is 40. The first-order chi connectivity index (χ1) is 41.5. The predicted octanol–water partition coefficient (Wildman–Crippen LogP) is -3.88. The van der Waals surface area contributed by atoms with Crippen LogP contribution in [-0.4, -0.2) is 186 Å². The number of nitrogens with two attached hydrogens (primary N) is 3. The van der Waals surface area contributed by atoms with E-state index in [9.17, 15) is 67.7 Å². The summed E-state index contributed by atoms with van der Waals surface area (Å²) in [6.45, 7) is 14.5. The molecule has 16 atom stereocenters. The average molecular weight is 1240 g/mol. The molecule has 0 fully saturated rings. The summed E-state index contributed by atoms with van der Waals surface area (Å²) in [5.41, 5.74) is 17.5. The number of carbonyl (C=O) groups excluding carboxylic acids is 12. The molecule has 1 aromatic rings. The van der Waals surface area contributed by atoms with Crippen LogP contribution >= 0.6 is 0 Å². The van der Waals surface area contributed by atoms with Crippen molar-refractivity contribution in [1.29, 1.82) is 0 Å². The summed E-state index contributed by atoms with van der Waals surface area (Å²) >= 11 is 0. The Morgan fingerprint density at radius 3 is 1.44 bits per heavy atom. The summed E-state index contributed by atoms with van der Waals surface area (Å²) in [6, 6.07) is -5.55. The maximum absolute atomic E-state index is 14.4. The Bertz CT molecular complexity index is 2560. The zero-order valence-electron chi connectivity index (χ0n) is 52.5. The third-order valence-corrected chi connectivity index (χ3v) is 15.6. The summed E-state index contributed by atoms with van der Waals surface area (Å²) in [5, 5.41) is 49.3. The largest absolute Gasteiger partial charge is 0.460 e. The summed E-state index contributed by atoms with van der Waals surface area (Å²) in [6.07, 6.45) is -0.493. The van der Waals surface area contributed by atoms with Crippen LogP contribution in [0.5, 0.6) is 0 Å². The van der Waals surface area contributed by atoms with Crippen molar-refractivity contribution >= 4 is 76.9 Å². The number of guanidine groups is 1. The van der Waals surface area contributed by atoms with Crippen molar-refractivity contribution in [3.05, 3.63) is 35.9 Å². The number of likely N-dealkylation sites (N-methyl/N-ethyl adjacent to an activating group) is 1. The quantitative estimate of drug-likeness (QED) is 0.0280. The third kappa shape index (κ3) is 25.0. The van der Waals surface area contributed by atoms with Crippen LogP contribution in [0.25, 0.3) is 0 Å². The number of ether oxygens (including phenoxy) is 1. The smallest absolute Gasteiger partial charge is 0.306 e. The number of aliphatic hydroxyl groups excluding tert-OH is 2. The van der Waals surface area contributed by atoms with Crippen LogP contribution < -0.4 is 75.7 Å². The molecule has 0 bridgehead atoms. The Morgan fingerprint density at radius 2 is 1.00 bits per heavy atom. The van der Waals surface area contributed by atoms with Crippen molar-refractivity contribution in [3.63, 3.8) is 0 Å². The minimum Gasteiger partial charge on any atom is -0.460 e. The molecular formula is C58H97N15O15. The maximum Gasteiger partial charge on any atom is 0.306 e. The lowest BCUT2D eigenvalue weighted by Gasteiger charge is -2.31. The highest BCUT2D eigenvalue weighted by Crippen LogP contribution is 2.16. The molecule has 2 rings (SSSR count). The number of carbonyl (C=O) groups is 12. The van der Waals surface area contributed by atoms with E-state index in [2.05, 4.69) is 63.5 Å². The molecule has 30 nitrogen and oxygen atoms in total. The first-order valence-electron chi connectivity index (χ1n) is 30.0. The van der Waals surface area contributed by atoms with Gasteiger partial charge in [-0.2, -0.15) is 0 Å². The molecule has 19 N–H and O–H groups in total. The van der Waals surface area contributed by atoms with E-state index in [1.165, 1.54) is 13.8 Å². The summed E-state index contributed by atoms with van der Waals surface area (Å²) in [4.78, 5) is 167. The van der Waals surface area contributed by atoms with Gasteiger partial charge in [-0.25, -0.2) is 0 Å². The van der Waals surface area contributed by atoms with Gasteiger partial charge in [-0.05, 0) is 69.4 Å². The molecule has 0 radical (unpaired) electrons. The lowest BCUT2D eigenvalue weighted by atomic mass is 9.94. The Morgan fingerprint density at radius 1 is 0.568 bits per heavy atom.